The molecule has 0 radical (unpaired) electrons. The number of ether oxygens (including phenoxy) is 4. The van der Waals surface area contributed by atoms with Gasteiger partial charge in [-0.2, -0.15) is 0 Å². The first-order valence-electron chi connectivity index (χ1n) is 14.4. The zero-order valence-corrected chi connectivity index (χ0v) is 25.5. The van der Waals surface area contributed by atoms with Crippen molar-refractivity contribution in [3.63, 3.8) is 0 Å². The van der Waals surface area contributed by atoms with Gasteiger partial charge in [-0.1, -0.05) is 61.5 Å². The van der Waals surface area contributed by atoms with E-state index in [9.17, 15) is 14.7 Å². The van der Waals surface area contributed by atoms with Gasteiger partial charge in [0, 0.05) is 40.9 Å². The molecule has 0 spiro atoms. The van der Waals surface area contributed by atoms with Gasteiger partial charge >= 0.3 is 5.97 Å². The summed E-state index contributed by atoms with van der Waals surface area (Å²) in [6.45, 7) is 3.88. The Morgan fingerprint density at radius 2 is 1.53 bits per heavy atom. The highest BCUT2D eigenvalue weighted by Crippen LogP contribution is 2.41. The number of methoxy groups -OCH3 is 2. The summed E-state index contributed by atoms with van der Waals surface area (Å²) < 4.78 is 23.7. The van der Waals surface area contributed by atoms with Crippen LogP contribution in [-0.2, 0) is 17.8 Å². The summed E-state index contributed by atoms with van der Waals surface area (Å²) in [5, 5.41) is 10.0. The average Bonchev–Trinajstić information content (AvgIpc) is 3.07. The standard InChI is InChI=1S/C37H33NO7/c1-5-25-13-9-10-14-28(25)35(39)31-21-38-32-18-26(44-22-24-11-7-6-8-12-24)15-16-29(32)36(31)45-27-19-33(42-3)30(34(20-27)43-4)17-23(2)37(40)41/h6-21H,5,22H2,1-4H3,(H,40,41)/b23-17+. The monoisotopic (exact) mass is 603 g/mol. The molecule has 45 heavy (non-hydrogen) atoms. The molecule has 8 heteroatoms. The first-order valence-corrected chi connectivity index (χ1v) is 14.4. The number of rotatable bonds is 12. The minimum atomic E-state index is -1.06. The summed E-state index contributed by atoms with van der Waals surface area (Å²) >= 11 is 0. The Kier molecular flexibility index (Phi) is 9.43. The number of nitrogens with zero attached hydrogens (tertiary/aromatic N) is 1. The molecule has 0 fully saturated rings. The fraction of sp³-hybridized carbons (Fsp3) is 0.162. The second kappa shape index (κ2) is 13.8. The number of carbonyl (C=O) groups excluding carboxylic acids is 1. The predicted octanol–water partition coefficient (Wildman–Crippen LogP) is 7.90. The molecule has 5 rings (SSSR count). The molecule has 1 aromatic heterocycles. The molecule has 0 aliphatic rings. The Hall–Kier alpha value is -5.63. The molecular weight excluding hydrogens is 570 g/mol. The lowest BCUT2D eigenvalue weighted by atomic mass is 9.96. The van der Waals surface area contributed by atoms with Crippen molar-refractivity contribution in [3.8, 4) is 28.7 Å². The Morgan fingerprint density at radius 1 is 0.844 bits per heavy atom. The van der Waals surface area contributed by atoms with Gasteiger partial charge in [0.1, 0.15) is 35.4 Å². The van der Waals surface area contributed by atoms with Gasteiger partial charge < -0.3 is 24.1 Å². The highest BCUT2D eigenvalue weighted by molar-refractivity contribution is 6.14. The number of aromatic nitrogens is 1. The minimum absolute atomic E-state index is 0.105. The molecule has 1 N–H and O–H groups in total. The maximum atomic E-state index is 14.0. The van der Waals surface area contributed by atoms with Crippen LogP contribution in [0, 0.1) is 0 Å². The summed E-state index contributed by atoms with van der Waals surface area (Å²) in [4.78, 5) is 30.2. The Morgan fingerprint density at radius 3 is 2.20 bits per heavy atom. The van der Waals surface area contributed by atoms with E-state index in [0.717, 1.165) is 11.1 Å². The van der Waals surface area contributed by atoms with Crippen LogP contribution in [0.5, 0.6) is 28.7 Å². The molecule has 0 unspecified atom stereocenters. The largest absolute Gasteiger partial charge is 0.496 e. The second-order valence-corrected chi connectivity index (χ2v) is 10.3. The maximum Gasteiger partial charge on any atom is 0.331 e. The molecule has 0 atom stereocenters. The van der Waals surface area contributed by atoms with Crippen molar-refractivity contribution < 1.29 is 33.6 Å². The van der Waals surface area contributed by atoms with Crippen LogP contribution in [-0.4, -0.2) is 36.1 Å². The van der Waals surface area contributed by atoms with Gasteiger partial charge in [0.2, 0.25) is 0 Å². The van der Waals surface area contributed by atoms with Crippen LogP contribution in [0.15, 0.2) is 96.7 Å². The van der Waals surface area contributed by atoms with Gasteiger partial charge in [-0.15, -0.1) is 0 Å². The van der Waals surface area contributed by atoms with Crippen LogP contribution >= 0.6 is 0 Å². The van der Waals surface area contributed by atoms with Crippen molar-refractivity contribution in [3.05, 3.63) is 125 Å². The number of aryl methyl sites for hydroxylation is 1. The summed E-state index contributed by atoms with van der Waals surface area (Å²) in [7, 11) is 2.95. The normalized spacial score (nSPS) is 11.2. The van der Waals surface area contributed by atoms with Crippen LogP contribution in [0.3, 0.4) is 0 Å². The quantitative estimate of drug-likeness (QED) is 0.113. The van der Waals surface area contributed by atoms with Gasteiger partial charge in [-0.3, -0.25) is 9.78 Å². The van der Waals surface area contributed by atoms with Crippen molar-refractivity contribution in [2.24, 2.45) is 0 Å². The molecule has 0 amide bonds. The van der Waals surface area contributed by atoms with Crippen molar-refractivity contribution in [1.29, 1.82) is 0 Å². The number of fused-ring (bicyclic) bond motifs is 1. The number of benzene rings is 4. The Balaban J connectivity index is 1.62. The lowest BCUT2D eigenvalue weighted by Gasteiger charge is -2.17. The van der Waals surface area contributed by atoms with Gasteiger partial charge in [-0.25, -0.2) is 4.79 Å². The van der Waals surface area contributed by atoms with E-state index in [1.165, 1.54) is 33.4 Å². The molecule has 0 saturated carbocycles. The first-order chi connectivity index (χ1) is 21.8. The van der Waals surface area contributed by atoms with Crippen LogP contribution < -0.4 is 18.9 Å². The van der Waals surface area contributed by atoms with Crippen LogP contribution in [0.4, 0.5) is 0 Å². The number of ketones is 1. The first kappa shape index (κ1) is 30.8. The number of carboxylic acids is 1. The van der Waals surface area contributed by atoms with E-state index in [1.807, 2.05) is 73.7 Å². The van der Waals surface area contributed by atoms with Gasteiger partial charge in [0.25, 0.3) is 0 Å². The van der Waals surface area contributed by atoms with Gasteiger partial charge in [-0.05, 0) is 42.7 Å². The molecule has 1 heterocycles. The maximum absolute atomic E-state index is 14.0. The zero-order chi connectivity index (χ0) is 31.9. The summed E-state index contributed by atoms with van der Waals surface area (Å²) in [6, 6.07) is 26.0. The fourth-order valence-corrected chi connectivity index (χ4v) is 4.96. The van der Waals surface area contributed by atoms with Crippen LogP contribution in [0.2, 0.25) is 0 Å². The molecule has 228 valence electrons. The summed E-state index contributed by atoms with van der Waals surface area (Å²) in [5.41, 5.74) is 3.91. The zero-order valence-electron chi connectivity index (χ0n) is 25.5. The molecule has 0 aliphatic heterocycles. The average molecular weight is 604 g/mol. The third-order valence-electron chi connectivity index (χ3n) is 7.36. The van der Waals surface area contributed by atoms with Crippen molar-refractivity contribution in [2.45, 2.75) is 26.9 Å². The predicted molar refractivity (Wildman–Crippen MR) is 173 cm³/mol. The number of carbonyl (C=O) groups is 2. The molecule has 0 saturated heterocycles. The summed E-state index contributed by atoms with van der Waals surface area (Å²) in [6.07, 6.45) is 3.68. The second-order valence-electron chi connectivity index (χ2n) is 10.3. The van der Waals surface area contributed by atoms with E-state index in [1.54, 1.807) is 18.2 Å². The number of hydrogen-bond donors (Lipinski definition) is 1. The van der Waals surface area contributed by atoms with E-state index in [0.29, 0.717) is 63.8 Å². The minimum Gasteiger partial charge on any atom is -0.496 e. The lowest BCUT2D eigenvalue weighted by molar-refractivity contribution is -0.132. The van der Waals surface area contributed by atoms with E-state index in [-0.39, 0.29) is 16.9 Å². The van der Waals surface area contributed by atoms with E-state index >= 15 is 0 Å². The topological polar surface area (TPSA) is 104 Å². The molecule has 5 aromatic rings. The third kappa shape index (κ3) is 6.80. The number of hydrogen-bond acceptors (Lipinski definition) is 7. The smallest absolute Gasteiger partial charge is 0.331 e. The molecule has 0 aliphatic carbocycles. The SMILES string of the molecule is CCc1ccccc1C(=O)c1cnc2cc(OCc3ccccc3)ccc2c1Oc1cc(OC)c(/C=C(\C)C(=O)O)c(OC)c1. The Labute approximate surface area is 261 Å². The van der Waals surface area contributed by atoms with Gasteiger partial charge in [0.15, 0.2) is 5.78 Å². The van der Waals surface area contributed by atoms with Crippen molar-refractivity contribution >= 4 is 28.7 Å². The van der Waals surface area contributed by atoms with E-state index in [2.05, 4.69) is 4.98 Å². The van der Waals surface area contributed by atoms with Crippen LogP contribution in [0.1, 0.15) is 46.5 Å². The molecular formula is C37H33NO7. The highest BCUT2D eigenvalue weighted by atomic mass is 16.5. The highest BCUT2D eigenvalue weighted by Gasteiger charge is 2.23. The van der Waals surface area contributed by atoms with Gasteiger partial charge in [0.05, 0.1) is 30.9 Å². The lowest BCUT2D eigenvalue weighted by Crippen LogP contribution is -2.08. The molecule has 0 bridgehead atoms. The number of pyridine rings is 1. The number of carboxylic acid groups (broad SMARTS) is 1. The van der Waals surface area contributed by atoms with E-state index < -0.39 is 5.97 Å². The fourth-order valence-electron chi connectivity index (χ4n) is 4.96. The molecule has 8 nitrogen and oxygen atoms in total. The van der Waals surface area contributed by atoms with Crippen LogP contribution in [0.25, 0.3) is 17.0 Å². The number of aliphatic carboxylic acids is 1. The Bertz CT molecular complexity index is 1870. The summed E-state index contributed by atoms with van der Waals surface area (Å²) in [5.74, 6) is 0.632. The van der Waals surface area contributed by atoms with Crippen molar-refractivity contribution in [1.82, 2.24) is 4.98 Å². The third-order valence-corrected chi connectivity index (χ3v) is 7.36. The van der Waals surface area contributed by atoms with Crippen molar-refractivity contribution in [2.75, 3.05) is 14.2 Å². The molecule has 4 aromatic carbocycles. The van der Waals surface area contributed by atoms with E-state index in [4.69, 9.17) is 18.9 Å².